The number of aryl methyl sites for hydroxylation is 1. The van der Waals surface area contributed by atoms with Crippen LogP contribution >= 0.6 is 0 Å². The first-order valence-electron chi connectivity index (χ1n) is 8.56. The molecule has 1 N–H and O–H groups in total. The maximum absolute atomic E-state index is 12.5. The first kappa shape index (κ1) is 17.0. The lowest BCUT2D eigenvalue weighted by Crippen LogP contribution is -2.47. The molecular formula is C17H25N3O4. The summed E-state index contributed by atoms with van der Waals surface area (Å²) in [5, 5.41) is 2.97. The van der Waals surface area contributed by atoms with E-state index in [1.807, 2.05) is 19.1 Å². The Bertz CT molecular complexity index is 580. The van der Waals surface area contributed by atoms with Crippen LogP contribution in [-0.2, 0) is 20.9 Å². The van der Waals surface area contributed by atoms with Crippen molar-refractivity contribution in [2.24, 2.45) is 0 Å². The van der Waals surface area contributed by atoms with E-state index in [0.29, 0.717) is 31.7 Å². The number of hydrogen-bond donors (Lipinski definition) is 1. The molecule has 0 aliphatic carbocycles. The Labute approximate surface area is 141 Å². The van der Waals surface area contributed by atoms with Crippen molar-refractivity contribution in [3.8, 4) is 0 Å². The molecule has 0 unspecified atom stereocenters. The number of carbonyl (C=O) groups excluding carboxylic acids is 2. The lowest BCUT2D eigenvalue weighted by molar-refractivity contribution is -0.136. The molecule has 3 heterocycles. The fourth-order valence-corrected chi connectivity index (χ4v) is 3.22. The van der Waals surface area contributed by atoms with Crippen LogP contribution in [0.15, 0.2) is 16.5 Å². The Morgan fingerprint density at radius 2 is 2.12 bits per heavy atom. The van der Waals surface area contributed by atoms with Crippen molar-refractivity contribution < 1.29 is 18.7 Å². The molecular weight excluding hydrogens is 310 g/mol. The Hall–Kier alpha value is -1.86. The molecule has 1 aromatic heterocycles. The van der Waals surface area contributed by atoms with Crippen LogP contribution in [0.25, 0.3) is 0 Å². The standard InChI is InChI=1S/C17H25N3O4/c1-13-2-3-14(24-13)12-20-15(4-5-16(20)21)17(22)18-6-7-19-8-10-23-11-9-19/h2-3,15H,4-12H2,1H3,(H,18,22)/t15-/m0/s1. The zero-order valence-electron chi connectivity index (χ0n) is 14.1. The Balaban J connectivity index is 1.49. The average Bonchev–Trinajstić information content (AvgIpc) is 3.15. The van der Waals surface area contributed by atoms with Gasteiger partial charge in [-0.15, -0.1) is 0 Å². The minimum absolute atomic E-state index is 0.0115. The molecule has 0 aromatic carbocycles. The number of hydrogen-bond acceptors (Lipinski definition) is 5. The van der Waals surface area contributed by atoms with Crippen molar-refractivity contribution in [2.45, 2.75) is 32.4 Å². The van der Waals surface area contributed by atoms with Crippen molar-refractivity contribution in [3.05, 3.63) is 23.7 Å². The van der Waals surface area contributed by atoms with E-state index in [1.165, 1.54) is 0 Å². The summed E-state index contributed by atoms with van der Waals surface area (Å²) in [6, 6.07) is 3.33. The van der Waals surface area contributed by atoms with E-state index in [1.54, 1.807) is 4.90 Å². The molecule has 1 aromatic rings. The van der Waals surface area contributed by atoms with Crippen molar-refractivity contribution in [1.29, 1.82) is 0 Å². The molecule has 7 heteroatoms. The zero-order valence-corrected chi connectivity index (χ0v) is 14.1. The van der Waals surface area contributed by atoms with Crippen molar-refractivity contribution in [2.75, 3.05) is 39.4 Å². The van der Waals surface area contributed by atoms with Gasteiger partial charge in [-0.05, 0) is 25.5 Å². The third-order valence-electron chi connectivity index (χ3n) is 4.58. The number of morpholine rings is 1. The molecule has 7 nitrogen and oxygen atoms in total. The second-order valence-electron chi connectivity index (χ2n) is 6.33. The SMILES string of the molecule is Cc1ccc(CN2C(=O)CC[C@H]2C(=O)NCCN2CCOCC2)o1. The smallest absolute Gasteiger partial charge is 0.242 e. The summed E-state index contributed by atoms with van der Waals surface area (Å²) in [5.41, 5.74) is 0. The lowest BCUT2D eigenvalue weighted by atomic mass is 10.2. The summed E-state index contributed by atoms with van der Waals surface area (Å²) in [5.74, 6) is 1.46. The molecule has 0 bridgehead atoms. The van der Waals surface area contributed by atoms with Crippen molar-refractivity contribution >= 4 is 11.8 Å². The maximum atomic E-state index is 12.5. The van der Waals surface area contributed by atoms with Gasteiger partial charge in [-0.2, -0.15) is 0 Å². The number of nitrogens with zero attached hydrogens (tertiary/aromatic N) is 2. The second-order valence-corrected chi connectivity index (χ2v) is 6.33. The number of likely N-dealkylation sites (tertiary alicyclic amines) is 1. The number of furan rings is 1. The number of rotatable bonds is 6. The van der Waals surface area contributed by atoms with Gasteiger partial charge in [0.2, 0.25) is 11.8 Å². The van der Waals surface area contributed by atoms with Gasteiger partial charge in [-0.25, -0.2) is 0 Å². The summed E-state index contributed by atoms with van der Waals surface area (Å²) < 4.78 is 10.8. The summed E-state index contributed by atoms with van der Waals surface area (Å²) >= 11 is 0. The van der Waals surface area contributed by atoms with Crippen LogP contribution in [0, 0.1) is 6.92 Å². The number of ether oxygens (including phenoxy) is 1. The highest BCUT2D eigenvalue weighted by Crippen LogP contribution is 2.22. The molecule has 2 aliphatic heterocycles. The molecule has 0 spiro atoms. The van der Waals surface area contributed by atoms with Crippen molar-refractivity contribution in [3.63, 3.8) is 0 Å². The number of nitrogens with one attached hydrogen (secondary N) is 1. The third-order valence-corrected chi connectivity index (χ3v) is 4.58. The highest BCUT2D eigenvalue weighted by atomic mass is 16.5. The van der Waals surface area contributed by atoms with Gasteiger partial charge in [-0.3, -0.25) is 14.5 Å². The van der Waals surface area contributed by atoms with Gasteiger partial charge in [0.25, 0.3) is 0 Å². The van der Waals surface area contributed by atoms with E-state index in [0.717, 1.165) is 38.6 Å². The zero-order chi connectivity index (χ0) is 16.9. The number of carbonyl (C=O) groups is 2. The molecule has 3 rings (SSSR count). The van der Waals surface area contributed by atoms with Gasteiger partial charge in [-0.1, -0.05) is 0 Å². The van der Waals surface area contributed by atoms with Gasteiger partial charge in [0, 0.05) is 32.6 Å². The highest BCUT2D eigenvalue weighted by Gasteiger charge is 2.36. The fraction of sp³-hybridized carbons (Fsp3) is 0.647. The van der Waals surface area contributed by atoms with Gasteiger partial charge >= 0.3 is 0 Å². The first-order chi connectivity index (χ1) is 11.6. The van der Waals surface area contributed by atoms with E-state index < -0.39 is 6.04 Å². The van der Waals surface area contributed by atoms with Crippen LogP contribution in [0.5, 0.6) is 0 Å². The maximum Gasteiger partial charge on any atom is 0.242 e. The van der Waals surface area contributed by atoms with Gasteiger partial charge < -0.3 is 19.4 Å². The van der Waals surface area contributed by atoms with Crippen LogP contribution < -0.4 is 5.32 Å². The largest absolute Gasteiger partial charge is 0.464 e. The average molecular weight is 335 g/mol. The quantitative estimate of drug-likeness (QED) is 0.821. The van der Waals surface area contributed by atoms with Crippen LogP contribution in [0.4, 0.5) is 0 Å². The lowest BCUT2D eigenvalue weighted by Gasteiger charge is -2.27. The molecule has 24 heavy (non-hydrogen) atoms. The molecule has 2 fully saturated rings. The summed E-state index contributed by atoms with van der Waals surface area (Å²) in [4.78, 5) is 28.5. The number of amides is 2. The molecule has 0 radical (unpaired) electrons. The minimum atomic E-state index is -0.396. The third kappa shape index (κ3) is 4.15. The van der Waals surface area contributed by atoms with E-state index in [9.17, 15) is 9.59 Å². The van der Waals surface area contributed by atoms with Gasteiger partial charge in [0.1, 0.15) is 17.6 Å². The van der Waals surface area contributed by atoms with Crippen LogP contribution in [0.1, 0.15) is 24.4 Å². The first-order valence-corrected chi connectivity index (χ1v) is 8.56. The van der Waals surface area contributed by atoms with E-state index in [4.69, 9.17) is 9.15 Å². The van der Waals surface area contributed by atoms with Gasteiger partial charge in [0.05, 0.1) is 19.8 Å². The van der Waals surface area contributed by atoms with E-state index >= 15 is 0 Å². The van der Waals surface area contributed by atoms with E-state index in [-0.39, 0.29) is 11.8 Å². The fourth-order valence-electron chi connectivity index (χ4n) is 3.22. The van der Waals surface area contributed by atoms with Crippen LogP contribution in [-0.4, -0.2) is 67.0 Å². The van der Waals surface area contributed by atoms with Crippen LogP contribution in [0.2, 0.25) is 0 Å². The topological polar surface area (TPSA) is 75.0 Å². The molecule has 0 saturated carbocycles. The minimum Gasteiger partial charge on any atom is -0.464 e. The van der Waals surface area contributed by atoms with E-state index in [2.05, 4.69) is 10.2 Å². The van der Waals surface area contributed by atoms with Crippen LogP contribution in [0.3, 0.4) is 0 Å². The molecule has 1 atom stereocenters. The normalized spacial score (nSPS) is 22.1. The molecule has 2 saturated heterocycles. The summed E-state index contributed by atoms with van der Waals surface area (Å²) in [6.45, 7) is 6.94. The predicted octanol–water partition coefficient (Wildman–Crippen LogP) is 0.527. The molecule has 2 amide bonds. The van der Waals surface area contributed by atoms with Crippen molar-refractivity contribution in [1.82, 2.24) is 15.1 Å². The predicted molar refractivity (Wildman–Crippen MR) is 87.3 cm³/mol. The highest BCUT2D eigenvalue weighted by molar-refractivity contribution is 5.90. The Morgan fingerprint density at radius 3 is 2.83 bits per heavy atom. The monoisotopic (exact) mass is 335 g/mol. The Kier molecular flexibility index (Phi) is 5.52. The second kappa shape index (κ2) is 7.81. The summed E-state index contributed by atoms with van der Waals surface area (Å²) in [7, 11) is 0. The molecule has 132 valence electrons. The van der Waals surface area contributed by atoms with Gasteiger partial charge in [0.15, 0.2) is 0 Å². The molecule has 2 aliphatic rings. The Morgan fingerprint density at radius 1 is 1.33 bits per heavy atom. The summed E-state index contributed by atoms with van der Waals surface area (Å²) in [6.07, 6.45) is 0.989.